The predicted molar refractivity (Wildman–Crippen MR) is 271 cm³/mol. The van der Waals surface area contributed by atoms with Crippen LogP contribution in [0.4, 0.5) is 43.9 Å². The zero-order chi connectivity index (χ0) is 59.9. The molecular weight excluding hydrogens is 1180 g/mol. The lowest BCUT2D eigenvalue weighted by molar-refractivity contribution is -0.143. The number of para-hydroxylation sites is 1. The van der Waals surface area contributed by atoms with Gasteiger partial charge in [-0.1, -0.05) is 55.6 Å². The van der Waals surface area contributed by atoms with Gasteiger partial charge in [-0.25, -0.2) is 35.3 Å². The van der Waals surface area contributed by atoms with Crippen LogP contribution in [-0.4, -0.2) is 84.8 Å². The first-order valence-corrected chi connectivity index (χ1v) is 28.7. The zero-order valence-corrected chi connectivity index (χ0v) is 45.9. The lowest BCUT2D eigenvalue weighted by Gasteiger charge is -2.29. The van der Waals surface area contributed by atoms with E-state index in [1.165, 1.54) is 58.0 Å². The lowest BCUT2D eigenvalue weighted by Crippen LogP contribution is -2.42. The fourth-order valence-corrected chi connectivity index (χ4v) is 11.1. The van der Waals surface area contributed by atoms with Crippen LogP contribution in [-0.2, 0) is 79.8 Å². The van der Waals surface area contributed by atoms with Gasteiger partial charge in [-0.3, -0.25) is 33.3 Å². The first-order valence-electron chi connectivity index (χ1n) is 23.8. The molecule has 17 nitrogen and oxygen atoms in total. The fourth-order valence-electron chi connectivity index (χ4n) is 9.55. The van der Waals surface area contributed by atoms with Crippen LogP contribution >= 0.6 is 19.4 Å². The number of nitrogens with zero attached hydrogens (tertiary/aromatic N) is 6. The molecule has 3 heterocycles. The number of amides is 2. The van der Waals surface area contributed by atoms with Crippen LogP contribution in [0.1, 0.15) is 91.2 Å². The number of carbonyl (C=O) groups is 2. The van der Waals surface area contributed by atoms with Gasteiger partial charge in [0.25, 0.3) is 17.2 Å². The van der Waals surface area contributed by atoms with E-state index in [-0.39, 0.29) is 55.2 Å². The van der Waals surface area contributed by atoms with E-state index in [4.69, 9.17) is 16.1 Å². The van der Waals surface area contributed by atoms with Crippen LogP contribution in [0.25, 0.3) is 22.0 Å². The molecule has 8 rings (SSSR count). The number of pyridine rings is 1. The Morgan fingerprint density at radius 1 is 0.975 bits per heavy atom. The number of alkyl halides is 8. The molecule has 3 aromatic carbocycles. The Morgan fingerprint density at radius 3 is 2.22 bits per heavy atom. The molecule has 2 aliphatic carbocycles. The molecule has 0 radical (unpaired) electrons. The number of halogens is 11. The summed E-state index contributed by atoms with van der Waals surface area (Å²) >= 11 is 3.47. The standard InChI is InChI=1S/C50H45ClF10N7O10PS2/c1-46(2,21-26-8-6-7-9-37(26)78-79(71,72)73)45(70)68(80(74)75)22-36-40-34(51)13-12-31(42(40)67(64-36)24-48(54,55)56)30-11-10-29(14-15-47(3,4)81(5,76)77)62-41(30)35(18-25-16-27(52)19-28(53)17-25)63-38(69)23-66-44-39(43(65-66)50(59,60)61)32-20-33(32)49(44,57)58/h6-13,16-17,19,32-33,35H,18,20-24H2,1-5H3,(H,63,69)(H,74,75)(H2,71,72,73)/t32-,33+,35?/m0/s1. The molecular formula is C50H45ClF10N7O10PS2. The minimum absolute atomic E-state index is 0.0475. The van der Waals surface area contributed by atoms with Crippen molar-refractivity contribution in [2.24, 2.45) is 11.3 Å². The predicted octanol–water partition coefficient (Wildman–Crippen LogP) is 9.50. The number of carbonyl (C=O) groups excluding carboxylic acids is 2. The smallest absolute Gasteiger partial charge is 0.404 e. The third kappa shape index (κ3) is 13.0. The van der Waals surface area contributed by atoms with E-state index < -0.39 is 165 Å². The van der Waals surface area contributed by atoms with Gasteiger partial charge in [0.05, 0.1) is 34.5 Å². The molecule has 1 fully saturated rings. The number of fused-ring (bicyclic) bond motifs is 4. The molecule has 0 saturated heterocycles. The molecule has 31 heteroatoms. The Labute approximate surface area is 461 Å². The Balaban J connectivity index is 1.30. The van der Waals surface area contributed by atoms with Crippen molar-refractivity contribution in [2.75, 3.05) is 6.26 Å². The SMILES string of the molecule is CC(C)(Cc1ccccc1OP(=O)(O)O)C(=O)N(Cc1nn(CC(F)(F)F)c2c(-c3ccc(C#CC(C)(C)S(C)(=O)=O)nc3C(Cc3cc(F)cc(F)c3)NC(=O)Cn3nc(C(F)(F)F)c4c3C(F)(F)[C@@H]3C[C@H]43)ccc(Cl)c12)S(=O)O. The summed E-state index contributed by atoms with van der Waals surface area (Å²) in [6.07, 6.45) is -10.9. The van der Waals surface area contributed by atoms with E-state index in [1.54, 1.807) is 0 Å². The highest BCUT2D eigenvalue weighted by Gasteiger charge is 2.68. The van der Waals surface area contributed by atoms with Gasteiger partial charge in [-0.05, 0) is 92.5 Å². The van der Waals surface area contributed by atoms with Gasteiger partial charge in [-0.2, -0.15) is 45.3 Å². The maximum atomic E-state index is 15.7. The normalized spacial score (nSPS) is 17.0. The van der Waals surface area contributed by atoms with E-state index >= 15 is 8.78 Å². The molecule has 1 saturated carbocycles. The summed E-state index contributed by atoms with van der Waals surface area (Å²) in [5.74, 6) is -6.59. The Morgan fingerprint density at radius 2 is 1.62 bits per heavy atom. The average molecular weight is 1220 g/mol. The molecule has 6 aromatic rings. The Kier molecular flexibility index (Phi) is 16.0. The van der Waals surface area contributed by atoms with Gasteiger partial charge in [0.15, 0.2) is 15.5 Å². The number of phosphoric acid groups is 1. The first-order chi connectivity index (χ1) is 37.3. The quantitative estimate of drug-likeness (QED) is 0.0289. The number of aromatic nitrogens is 5. The van der Waals surface area contributed by atoms with E-state index in [0.717, 1.165) is 36.6 Å². The molecule has 3 aromatic heterocycles. The van der Waals surface area contributed by atoms with Crippen LogP contribution in [0.3, 0.4) is 0 Å². The number of benzene rings is 3. The maximum Gasteiger partial charge on any atom is 0.524 e. The van der Waals surface area contributed by atoms with Crippen molar-refractivity contribution >= 4 is 63.2 Å². The fraction of sp³-hybridized carbons (Fsp3) is 0.380. The van der Waals surface area contributed by atoms with E-state index in [0.29, 0.717) is 15.1 Å². The summed E-state index contributed by atoms with van der Waals surface area (Å²) in [6.45, 7) is 0.751. The largest absolute Gasteiger partial charge is 0.524 e. The number of phosphoric ester groups is 1. The van der Waals surface area contributed by atoms with Crippen LogP contribution in [0, 0.1) is 34.8 Å². The molecule has 2 unspecified atom stereocenters. The van der Waals surface area contributed by atoms with E-state index in [1.807, 2.05) is 0 Å². The van der Waals surface area contributed by atoms with Crippen LogP contribution in [0.2, 0.25) is 5.02 Å². The number of hydrogen-bond acceptors (Lipinski definition) is 10. The van der Waals surface area contributed by atoms with E-state index in [9.17, 15) is 76.2 Å². The summed E-state index contributed by atoms with van der Waals surface area (Å²) in [5, 5.41) is 9.22. The van der Waals surface area contributed by atoms with Crippen LogP contribution < -0.4 is 9.84 Å². The Bertz CT molecular complexity index is 3780. The van der Waals surface area contributed by atoms with Crippen molar-refractivity contribution in [1.82, 2.24) is 34.2 Å². The minimum Gasteiger partial charge on any atom is -0.404 e. The van der Waals surface area contributed by atoms with Crippen LogP contribution in [0.15, 0.2) is 66.7 Å². The Hall–Kier alpha value is -6.41. The monoisotopic (exact) mass is 1220 g/mol. The molecule has 434 valence electrons. The van der Waals surface area contributed by atoms with Gasteiger partial charge in [-0.15, -0.1) is 0 Å². The topological polar surface area (TPSA) is 236 Å². The van der Waals surface area contributed by atoms with Crippen molar-refractivity contribution < 1.29 is 89.5 Å². The second-order valence-electron chi connectivity index (χ2n) is 20.5. The summed E-state index contributed by atoms with van der Waals surface area (Å²) in [7, 11) is -9.08. The summed E-state index contributed by atoms with van der Waals surface area (Å²) < 4.78 is 213. The molecule has 0 spiro atoms. The van der Waals surface area contributed by atoms with Gasteiger partial charge < -0.3 is 9.84 Å². The molecule has 0 bridgehead atoms. The van der Waals surface area contributed by atoms with Gasteiger partial charge in [0.1, 0.15) is 46.6 Å². The van der Waals surface area contributed by atoms with Crippen molar-refractivity contribution in [2.45, 2.75) is 102 Å². The number of rotatable bonds is 17. The maximum absolute atomic E-state index is 15.7. The summed E-state index contributed by atoms with van der Waals surface area (Å²) in [4.78, 5) is 52.1. The first kappa shape index (κ1) is 60.7. The van der Waals surface area contributed by atoms with Crippen molar-refractivity contribution in [3.63, 3.8) is 0 Å². The molecule has 4 N–H and O–H groups in total. The summed E-state index contributed by atoms with van der Waals surface area (Å²) in [5.41, 5.74) is -7.94. The molecule has 81 heavy (non-hydrogen) atoms. The van der Waals surface area contributed by atoms with Gasteiger partial charge in [0.2, 0.25) is 11.8 Å². The molecule has 2 aliphatic rings. The number of nitrogens with one attached hydrogen (secondary N) is 1. The molecule has 0 aliphatic heterocycles. The van der Waals surface area contributed by atoms with Crippen molar-refractivity contribution in [1.29, 1.82) is 0 Å². The second-order valence-corrected chi connectivity index (χ2v) is 25.5. The van der Waals surface area contributed by atoms with Crippen LogP contribution in [0.5, 0.6) is 5.75 Å². The third-order valence-electron chi connectivity index (χ3n) is 13.5. The molecule has 4 atom stereocenters. The van der Waals surface area contributed by atoms with Gasteiger partial charge in [0, 0.05) is 45.7 Å². The molecule has 2 amide bonds. The van der Waals surface area contributed by atoms with E-state index in [2.05, 4.69) is 32.3 Å². The lowest BCUT2D eigenvalue weighted by atomic mass is 9.84. The summed E-state index contributed by atoms with van der Waals surface area (Å²) in [6, 6.07) is 10.3. The number of sulfone groups is 1. The van der Waals surface area contributed by atoms with Crippen molar-refractivity contribution in [3.8, 4) is 28.7 Å². The highest BCUT2D eigenvalue weighted by molar-refractivity contribution is 7.92. The third-order valence-corrected chi connectivity index (χ3v) is 16.9. The second kappa shape index (κ2) is 21.4. The minimum atomic E-state index is -5.24. The number of hydrogen-bond donors (Lipinski definition) is 4. The average Bonchev–Trinajstić information content (AvgIpc) is 2.42. The highest BCUT2D eigenvalue weighted by Crippen LogP contribution is 2.68. The zero-order valence-electron chi connectivity index (χ0n) is 42.6. The van der Waals surface area contributed by atoms with Crippen molar-refractivity contribution in [3.05, 3.63) is 129 Å². The highest BCUT2D eigenvalue weighted by atomic mass is 35.5. The van der Waals surface area contributed by atoms with Gasteiger partial charge >= 0.3 is 20.2 Å².